The number of carbonyl (C=O) groups excluding carboxylic acids is 2. The van der Waals surface area contributed by atoms with E-state index in [9.17, 15) is 9.59 Å². The van der Waals surface area contributed by atoms with Crippen LogP contribution in [0.4, 0.5) is 0 Å². The average molecular weight is 527 g/mol. The van der Waals surface area contributed by atoms with Crippen LogP contribution in [0.15, 0.2) is 54.6 Å². The number of hydrogen-bond acceptors (Lipinski definition) is 8. The number of rotatable bonds is 16. The van der Waals surface area contributed by atoms with Gasteiger partial charge in [-0.15, -0.1) is 0 Å². The van der Waals surface area contributed by atoms with Crippen LogP contribution in [0.2, 0.25) is 0 Å². The summed E-state index contributed by atoms with van der Waals surface area (Å²) in [6, 6.07) is 10.5. The number of hydrogen-bond donors (Lipinski definition) is 0. The fraction of sp³-hybridized carbons (Fsp3) is 0.467. The molecule has 0 radical (unpaired) electrons. The van der Waals surface area contributed by atoms with Crippen LogP contribution < -0.4 is 4.74 Å². The topological polar surface area (TPSA) is 89.5 Å². The lowest BCUT2D eigenvalue weighted by Crippen LogP contribution is -2.17. The fourth-order valence-corrected chi connectivity index (χ4v) is 4.06. The van der Waals surface area contributed by atoms with Crippen molar-refractivity contribution in [3.63, 3.8) is 0 Å². The van der Waals surface area contributed by atoms with Gasteiger partial charge in [-0.1, -0.05) is 25.3 Å². The third-order valence-corrected chi connectivity index (χ3v) is 5.99. The largest absolute Gasteiger partial charge is 0.491 e. The summed E-state index contributed by atoms with van der Waals surface area (Å²) < 4.78 is 33.0. The highest BCUT2D eigenvalue weighted by molar-refractivity contribution is 5.87. The smallest absolute Gasteiger partial charge is 0.333 e. The van der Waals surface area contributed by atoms with Crippen LogP contribution in [-0.4, -0.2) is 64.8 Å². The maximum Gasteiger partial charge on any atom is 0.333 e. The molecule has 2 aromatic rings. The number of esters is 2. The van der Waals surface area contributed by atoms with Gasteiger partial charge in [0.25, 0.3) is 0 Å². The second kappa shape index (κ2) is 15.3. The first-order chi connectivity index (χ1) is 18.3. The standard InChI is InChI=1S/C30H38O8/c1-21(2)29(31)37-16-12-33-10-14-35-26-9-8-23-18-24-6-5-7-28(27(24)20-25(23)19-26)36-15-11-34-13-17-38-30(32)22(3)4/h8-9,18-20,28H,1,3,5-7,10-17H2,2,4H3. The number of benzene rings is 2. The summed E-state index contributed by atoms with van der Waals surface area (Å²) in [5.41, 5.74) is 3.27. The van der Waals surface area contributed by atoms with Gasteiger partial charge in [-0.25, -0.2) is 9.59 Å². The summed E-state index contributed by atoms with van der Waals surface area (Å²) in [4.78, 5) is 22.7. The molecule has 0 fully saturated rings. The molecule has 0 spiro atoms. The van der Waals surface area contributed by atoms with Crippen molar-refractivity contribution in [2.75, 3.05) is 52.9 Å². The van der Waals surface area contributed by atoms with Crippen molar-refractivity contribution in [1.29, 1.82) is 0 Å². The molecule has 2 aromatic carbocycles. The molecule has 1 aliphatic carbocycles. The zero-order valence-electron chi connectivity index (χ0n) is 22.4. The van der Waals surface area contributed by atoms with Gasteiger partial charge in [-0.2, -0.15) is 0 Å². The molecule has 8 nitrogen and oxygen atoms in total. The molecule has 38 heavy (non-hydrogen) atoms. The minimum Gasteiger partial charge on any atom is -0.491 e. The number of carbonyl (C=O) groups is 2. The Morgan fingerprint density at radius 2 is 1.42 bits per heavy atom. The van der Waals surface area contributed by atoms with Gasteiger partial charge >= 0.3 is 11.9 Å². The van der Waals surface area contributed by atoms with E-state index < -0.39 is 11.9 Å². The fourth-order valence-electron chi connectivity index (χ4n) is 4.06. The van der Waals surface area contributed by atoms with Crippen LogP contribution in [0.3, 0.4) is 0 Å². The zero-order valence-corrected chi connectivity index (χ0v) is 22.4. The molecule has 1 unspecified atom stereocenters. The van der Waals surface area contributed by atoms with Crippen molar-refractivity contribution in [3.8, 4) is 5.75 Å². The summed E-state index contributed by atoms with van der Waals surface area (Å²) in [7, 11) is 0. The van der Waals surface area contributed by atoms with Crippen molar-refractivity contribution in [2.45, 2.75) is 39.2 Å². The molecule has 0 heterocycles. The second-order valence-corrected chi connectivity index (χ2v) is 9.22. The molecule has 8 heteroatoms. The van der Waals surface area contributed by atoms with Crippen LogP contribution in [0.1, 0.15) is 43.9 Å². The number of aryl methyl sites for hydroxylation is 1. The summed E-state index contributed by atoms with van der Waals surface area (Å²) in [5, 5.41) is 2.26. The van der Waals surface area contributed by atoms with Crippen molar-refractivity contribution in [1.82, 2.24) is 0 Å². The molecule has 1 aliphatic rings. The van der Waals surface area contributed by atoms with Crippen LogP contribution in [0.25, 0.3) is 10.8 Å². The zero-order chi connectivity index (χ0) is 27.3. The van der Waals surface area contributed by atoms with Crippen molar-refractivity contribution in [3.05, 3.63) is 65.8 Å². The highest BCUT2D eigenvalue weighted by Crippen LogP contribution is 2.36. The van der Waals surface area contributed by atoms with E-state index in [2.05, 4.69) is 31.4 Å². The lowest BCUT2D eigenvalue weighted by molar-refractivity contribution is -0.141. The molecule has 0 saturated carbocycles. The normalized spacial score (nSPS) is 14.5. The van der Waals surface area contributed by atoms with E-state index >= 15 is 0 Å². The Balaban J connectivity index is 1.44. The third-order valence-electron chi connectivity index (χ3n) is 5.99. The van der Waals surface area contributed by atoms with Crippen LogP contribution >= 0.6 is 0 Å². The molecule has 0 amide bonds. The lowest BCUT2D eigenvalue weighted by Gasteiger charge is -2.26. The molecular formula is C30H38O8. The van der Waals surface area contributed by atoms with Gasteiger partial charge in [-0.3, -0.25) is 0 Å². The maximum atomic E-state index is 11.4. The molecule has 0 aromatic heterocycles. The monoisotopic (exact) mass is 526 g/mol. The van der Waals surface area contributed by atoms with E-state index in [0.717, 1.165) is 30.4 Å². The minimum absolute atomic E-state index is 0.0185. The predicted molar refractivity (Wildman–Crippen MR) is 144 cm³/mol. The summed E-state index contributed by atoms with van der Waals surface area (Å²) in [6.45, 7) is 13.0. The van der Waals surface area contributed by atoms with E-state index in [1.54, 1.807) is 13.8 Å². The third kappa shape index (κ3) is 9.28. The highest BCUT2D eigenvalue weighted by atomic mass is 16.6. The van der Waals surface area contributed by atoms with E-state index in [0.29, 0.717) is 50.8 Å². The predicted octanol–water partition coefficient (Wildman–Crippen LogP) is 4.88. The SMILES string of the molecule is C=C(C)C(=O)OCCOCCOc1ccc2cc3c(cc2c1)C(OCCOCCOC(=O)C(=C)C)CCC3. The molecule has 0 saturated heterocycles. The molecular weight excluding hydrogens is 488 g/mol. The minimum atomic E-state index is -0.414. The van der Waals surface area contributed by atoms with Crippen molar-refractivity contribution < 1.29 is 38.0 Å². The maximum absolute atomic E-state index is 11.4. The average Bonchev–Trinajstić information content (AvgIpc) is 2.90. The summed E-state index contributed by atoms with van der Waals surface area (Å²) >= 11 is 0. The molecule has 3 rings (SSSR count). The van der Waals surface area contributed by atoms with E-state index in [1.165, 1.54) is 16.5 Å². The molecule has 1 atom stereocenters. The quantitative estimate of drug-likeness (QED) is 0.174. The lowest BCUT2D eigenvalue weighted by atomic mass is 9.87. The second-order valence-electron chi connectivity index (χ2n) is 9.22. The Hall–Kier alpha value is -3.20. The summed E-state index contributed by atoms with van der Waals surface area (Å²) in [6.07, 6.45) is 3.09. The van der Waals surface area contributed by atoms with Gasteiger partial charge in [-0.05, 0) is 73.2 Å². The Morgan fingerprint density at radius 1 is 0.789 bits per heavy atom. The van der Waals surface area contributed by atoms with Crippen LogP contribution in [-0.2, 0) is 39.7 Å². The van der Waals surface area contributed by atoms with Crippen LogP contribution in [0.5, 0.6) is 5.75 Å². The number of fused-ring (bicyclic) bond motifs is 2. The van der Waals surface area contributed by atoms with E-state index in [1.807, 2.05) is 12.1 Å². The van der Waals surface area contributed by atoms with E-state index in [-0.39, 0.29) is 19.3 Å². The highest BCUT2D eigenvalue weighted by Gasteiger charge is 2.21. The van der Waals surface area contributed by atoms with Crippen molar-refractivity contribution in [2.24, 2.45) is 0 Å². The van der Waals surface area contributed by atoms with Crippen LogP contribution in [0, 0.1) is 0 Å². The number of ether oxygens (including phenoxy) is 6. The van der Waals surface area contributed by atoms with Gasteiger partial charge in [0.15, 0.2) is 0 Å². The molecule has 0 aliphatic heterocycles. The first-order valence-corrected chi connectivity index (χ1v) is 13.0. The molecule has 206 valence electrons. The van der Waals surface area contributed by atoms with Gasteiger partial charge in [0.1, 0.15) is 25.6 Å². The Bertz CT molecular complexity index is 1120. The van der Waals surface area contributed by atoms with Gasteiger partial charge < -0.3 is 28.4 Å². The van der Waals surface area contributed by atoms with Gasteiger partial charge in [0, 0.05) is 11.1 Å². The first kappa shape index (κ1) is 29.4. The summed E-state index contributed by atoms with van der Waals surface area (Å²) in [5.74, 6) is -0.0525. The van der Waals surface area contributed by atoms with Gasteiger partial charge in [0.05, 0.1) is 39.1 Å². The molecule has 0 bridgehead atoms. The van der Waals surface area contributed by atoms with Gasteiger partial charge in [0.2, 0.25) is 0 Å². The Labute approximate surface area is 224 Å². The Morgan fingerprint density at radius 3 is 2.08 bits per heavy atom. The first-order valence-electron chi connectivity index (χ1n) is 13.0. The van der Waals surface area contributed by atoms with E-state index in [4.69, 9.17) is 28.4 Å². The Kier molecular flexibility index (Phi) is 11.8. The molecule has 0 N–H and O–H groups in total. The van der Waals surface area contributed by atoms with Crippen molar-refractivity contribution >= 4 is 22.7 Å².